The fraction of sp³-hybridized carbons (Fsp3) is 0.448. The second-order valence-corrected chi connectivity index (χ2v) is 11.0. The molecule has 1 fully saturated rings. The minimum atomic E-state index is -1.00. The molecule has 0 spiro atoms. The van der Waals surface area contributed by atoms with Gasteiger partial charge in [0.05, 0.1) is 21.3 Å². The number of fused-ring (bicyclic) bond motifs is 1. The van der Waals surface area contributed by atoms with E-state index in [0.29, 0.717) is 37.3 Å². The highest BCUT2D eigenvalue weighted by atomic mass is 32.1. The predicted molar refractivity (Wildman–Crippen MR) is 146 cm³/mol. The molecule has 1 aliphatic carbocycles. The lowest BCUT2D eigenvalue weighted by Gasteiger charge is -2.30. The van der Waals surface area contributed by atoms with Crippen LogP contribution in [0, 0.1) is 0 Å². The van der Waals surface area contributed by atoms with Crippen molar-refractivity contribution in [2.75, 3.05) is 19.6 Å². The molecule has 3 aliphatic rings. The summed E-state index contributed by atoms with van der Waals surface area (Å²) in [6.07, 6.45) is 15.1. The van der Waals surface area contributed by atoms with Crippen molar-refractivity contribution in [1.29, 1.82) is 0 Å². The Kier molecular flexibility index (Phi) is 8.71. The molecule has 196 valence electrons. The third kappa shape index (κ3) is 7.09. The number of amides is 1. The van der Waals surface area contributed by atoms with Gasteiger partial charge < -0.3 is 24.8 Å². The Morgan fingerprint density at radius 2 is 2.08 bits per heavy atom. The molecule has 2 atom stereocenters. The second-order valence-electron chi connectivity index (χ2n) is 9.87. The summed E-state index contributed by atoms with van der Waals surface area (Å²) in [6, 6.07) is 7.61. The summed E-state index contributed by atoms with van der Waals surface area (Å²) in [4.78, 5) is 19.9. The Morgan fingerprint density at radius 3 is 2.89 bits per heavy atom. The second kappa shape index (κ2) is 12.5. The van der Waals surface area contributed by atoms with Crippen LogP contribution in [0.25, 0.3) is 10.2 Å². The smallest absolute Gasteiger partial charge is 0.220 e. The Morgan fingerprint density at radius 1 is 1.22 bits per heavy atom. The maximum Gasteiger partial charge on any atom is 0.220 e. The van der Waals surface area contributed by atoms with Crippen LogP contribution in [-0.2, 0) is 20.7 Å². The summed E-state index contributed by atoms with van der Waals surface area (Å²) in [5.41, 5.74) is 2.27. The van der Waals surface area contributed by atoms with E-state index in [-0.39, 0.29) is 5.91 Å². The van der Waals surface area contributed by atoms with Gasteiger partial charge in [0.15, 0.2) is 5.76 Å². The lowest BCUT2D eigenvalue weighted by Crippen LogP contribution is -2.51. The zero-order valence-electron chi connectivity index (χ0n) is 21.1. The molecule has 1 aromatic heterocycles. The standard InChI is InChI=1S/C29H35N3O4S/c33-27(13-8-14-28-31-23-11-4-5-12-26(23)37-28)30-24(18-32-15-6-7-16-32)29(34)25-20-35-19-22(36-25)17-21-9-2-1-3-10-21/h1-2,4-5,9,11-12,19-20,24,29,34H,3,6-8,10,13-18H2,(H,30,33). The third-order valence-corrected chi connectivity index (χ3v) is 8.04. The van der Waals surface area contributed by atoms with E-state index in [1.165, 1.54) is 16.5 Å². The number of hydrogen-bond donors (Lipinski definition) is 2. The normalized spacial score (nSPS) is 19.4. The first-order valence-corrected chi connectivity index (χ1v) is 14.1. The summed E-state index contributed by atoms with van der Waals surface area (Å²) in [6.45, 7) is 2.51. The number of allylic oxidation sites excluding steroid dienone is 4. The molecule has 0 bridgehead atoms. The molecule has 1 saturated heterocycles. The fourth-order valence-electron chi connectivity index (χ4n) is 4.98. The van der Waals surface area contributed by atoms with Gasteiger partial charge in [-0.05, 0) is 63.7 Å². The van der Waals surface area contributed by atoms with Crippen LogP contribution in [0.4, 0.5) is 0 Å². The van der Waals surface area contributed by atoms with E-state index in [0.717, 1.165) is 55.7 Å². The molecule has 2 unspecified atom stereocenters. The van der Waals surface area contributed by atoms with Crippen LogP contribution in [0.2, 0.25) is 0 Å². The number of likely N-dealkylation sites (tertiary alicyclic amines) is 1. The number of hydrogen-bond acceptors (Lipinski definition) is 7. The van der Waals surface area contributed by atoms with Gasteiger partial charge in [0.2, 0.25) is 5.91 Å². The van der Waals surface area contributed by atoms with Gasteiger partial charge in [0.1, 0.15) is 24.4 Å². The molecule has 2 aromatic rings. The maximum atomic E-state index is 12.9. The van der Waals surface area contributed by atoms with E-state index in [9.17, 15) is 9.90 Å². The molecule has 0 radical (unpaired) electrons. The molecule has 37 heavy (non-hydrogen) atoms. The zero-order valence-corrected chi connectivity index (χ0v) is 21.9. The highest BCUT2D eigenvalue weighted by molar-refractivity contribution is 7.18. The molecule has 2 N–H and O–H groups in total. The van der Waals surface area contributed by atoms with Crippen LogP contribution in [0.1, 0.15) is 50.0 Å². The summed E-state index contributed by atoms with van der Waals surface area (Å²) < 4.78 is 12.8. The van der Waals surface area contributed by atoms with Gasteiger partial charge >= 0.3 is 0 Å². The van der Waals surface area contributed by atoms with Gasteiger partial charge in [-0.1, -0.05) is 35.9 Å². The highest BCUT2D eigenvalue weighted by Gasteiger charge is 2.31. The van der Waals surface area contributed by atoms with Crippen LogP contribution in [0.5, 0.6) is 0 Å². The fourth-order valence-corrected chi connectivity index (χ4v) is 5.99. The summed E-state index contributed by atoms with van der Waals surface area (Å²) in [7, 11) is 0. The van der Waals surface area contributed by atoms with Crippen LogP contribution in [0.3, 0.4) is 0 Å². The first kappa shape index (κ1) is 25.7. The Balaban J connectivity index is 1.16. The largest absolute Gasteiger partial charge is 0.465 e. The van der Waals surface area contributed by atoms with Gasteiger partial charge in [-0.15, -0.1) is 11.3 Å². The number of aliphatic hydroxyl groups excluding tert-OH is 1. The van der Waals surface area contributed by atoms with Crippen molar-refractivity contribution in [2.24, 2.45) is 0 Å². The quantitative estimate of drug-likeness (QED) is 0.435. The van der Waals surface area contributed by atoms with Crippen LogP contribution >= 0.6 is 11.3 Å². The number of carbonyl (C=O) groups is 1. The summed E-state index contributed by atoms with van der Waals surface area (Å²) in [5.74, 6) is 0.931. The number of rotatable bonds is 11. The van der Waals surface area contributed by atoms with Gasteiger partial charge in [-0.2, -0.15) is 0 Å². The molecule has 8 heteroatoms. The number of para-hydroxylation sites is 1. The number of aliphatic hydroxyl groups is 1. The predicted octanol–water partition coefficient (Wildman–Crippen LogP) is 4.96. The van der Waals surface area contributed by atoms with Crippen molar-refractivity contribution in [3.05, 3.63) is 77.1 Å². The molecule has 0 saturated carbocycles. The molecular weight excluding hydrogens is 486 g/mol. The monoisotopic (exact) mass is 521 g/mol. The van der Waals surface area contributed by atoms with Crippen LogP contribution in [-0.4, -0.2) is 52.7 Å². The Bertz CT molecular complexity index is 1180. The average Bonchev–Trinajstić information content (AvgIpc) is 3.58. The summed E-state index contributed by atoms with van der Waals surface area (Å²) in [5, 5.41) is 15.4. The summed E-state index contributed by atoms with van der Waals surface area (Å²) >= 11 is 1.68. The van der Waals surface area contributed by atoms with E-state index >= 15 is 0 Å². The van der Waals surface area contributed by atoms with Gasteiger partial charge in [-0.3, -0.25) is 4.79 Å². The molecule has 2 aliphatic heterocycles. The van der Waals surface area contributed by atoms with Crippen molar-refractivity contribution < 1.29 is 19.4 Å². The minimum absolute atomic E-state index is 0.0726. The van der Waals surface area contributed by atoms with Crippen molar-refractivity contribution in [3.8, 4) is 0 Å². The number of aromatic nitrogens is 1. The molecular formula is C29H35N3O4S. The van der Waals surface area contributed by atoms with E-state index in [2.05, 4.69) is 39.5 Å². The SMILES string of the molecule is O=C(CCCc1nc2ccccc2s1)NC(CN1CCCC1)C(O)C1=COC=C(CC2=CC=CCC2)O1. The van der Waals surface area contributed by atoms with E-state index in [1.54, 1.807) is 17.6 Å². The molecule has 5 rings (SSSR count). The minimum Gasteiger partial charge on any atom is -0.465 e. The van der Waals surface area contributed by atoms with E-state index < -0.39 is 12.1 Å². The number of thiazole rings is 1. The molecule has 3 heterocycles. The third-order valence-electron chi connectivity index (χ3n) is 6.94. The topological polar surface area (TPSA) is 83.9 Å². The Hall–Kier alpha value is -2.94. The number of carbonyl (C=O) groups excluding carboxylic acids is 1. The number of nitrogens with zero attached hydrogens (tertiary/aromatic N) is 2. The number of ether oxygens (including phenoxy) is 2. The lowest BCUT2D eigenvalue weighted by atomic mass is 10.0. The first-order valence-electron chi connectivity index (χ1n) is 13.3. The number of aryl methyl sites for hydroxylation is 1. The zero-order chi connectivity index (χ0) is 25.5. The number of nitrogens with one attached hydrogen (secondary N) is 1. The van der Waals surface area contributed by atoms with Crippen LogP contribution in [0.15, 0.2) is 72.1 Å². The Labute approximate surface area is 222 Å². The maximum absolute atomic E-state index is 12.9. The lowest BCUT2D eigenvalue weighted by molar-refractivity contribution is -0.122. The van der Waals surface area contributed by atoms with Gasteiger partial charge in [-0.25, -0.2) is 4.98 Å². The van der Waals surface area contributed by atoms with Crippen molar-refractivity contribution in [2.45, 2.75) is 63.5 Å². The van der Waals surface area contributed by atoms with Crippen molar-refractivity contribution in [1.82, 2.24) is 15.2 Å². The molecule has 1 aromatic carbocycles. The first-order chi connectivity index (χ1) is 18.1. The molecule has 7 nitrogen and oxygen atoms in total. The van der Waals surface area contributed by atoms with Crippen molar-refractivity contribution in [3.63, 3.8) is 0 Å². The van der Waals surface area contributed by atoms with E-state index in [4.69, 9.17) is 9.47 Å². The van der Waals surface area contributed by atoms with E-state index in [1.807, 2.05) is 18.2 Å². The molecule has 1 amide bonds. The van der Waals surface area contributed by atoms with Crippen LogP contribution < -0.4 is 5.32 Å². The van der Waals surface area contributed by atoms with Gasteiger partial charge in [0.25, 0.3) is 0 Å². The van der Waals surface area contributed by atoms with Crippen molar-refractivity contribution >= 4 is 27.5 Å². The highest BCUT2D eigenvalue weighted by Crippen LogP contribution is 2.27. The van der Waals surface area contributed by atoms with Gasteiger partial charge in [0, 0.05) is 19.4 Å². The average molecular weight is 522 g/mol. The number of benzene rings is 1.